The Morgan fingerprint density at radius 3 is 2.86 bits per heavy atom. The lowest BCUT2D eigenvalue weighted by Crippen LogP contribution is -2.53. The van der Waals surface area contributed by atoms with E-state index in [0.717, 1.165) is 0 Å². The van der Waals surface area contributed by atoms with E-state index in [1.807, 2.05) is 0 Å². The van der Waals surface area contributed by atoms with Crippen LogP contribution in [0.3, 0.4) is 0 Å². The molecule has 6 nitrogen and oxygen atoms in total. The van der Waals surface area contributed by atoms with Crippen molar-refractivity contribution >= 4 is 35.2 Å². The fraction of sp³-hybridized carbons (Fsp3) is 0.133. The van der Waals surface area contributed by atoms with E-state index in [1.165, 1.54) is 11.0 Å². The third-order valence-electron chi connectivity index (χ3n) is 3.21. The Labute approximate surface area is 132 Å². The number of amides is 2. The van der Waals surface area contributed by atoms with Crippen molar-refractivity contribution in [3.63, 3.8) is 0 Å². The lowest BCUT2D eigenvalue weighted by atomic mass is 10.1. The fourth-order valence-electron chi connectivity index (χ4n) is 2.16. The molecule has 2 amide bonds. The van der Waals surface area contributed by atoms with Crippen molar-refractivity contribution in [2.75, 3.05) is 13.3 Å². The Balaban J connectivity index is 1.94. The summed E-state index contributed by atoms with van der Waals surface area (Å²) in [5.41, 5.74) is 0.670. The maximum atomic E-state index is 12.4. The van der Waals surface area contributed by atoms with Crippen LogP contribution in [-0.4, -0.2) is 35.2 Å². The first-order valence-corrected chi connectivity index (χ1v) is 6.90. The van der Waals surface area contributed by atoms with E-state index < -0.39 is 11.8 Å². The molecule has 2 heterocycles. The molecule has 0 spiro atoms. The summed E-state index contributed by atoms with van der Waals surface area (Å²) in [6, 6.07) is 5.18. The van der Waals surface area contributed by atoms with Crippen molar-refractivity contribution in [1.82, 2.24) is 10.2 Å². The molecule has 22 heavy (non-hydrogen) atoms. The van der Waals surface area contributed by atoms with E-state index >= 15 is 0 Å². The van der Waals surface area contributed by atoms with Crippen LogP contribution in [0.25, 0.3) is 6.08 Å². The molecule has 3 rings (SSSR count). The van der Waals surface area contributed by atoms with Gasteiger partial charge in [0.05, 0.1) is 0 Å². The average Bonchev–Trinajstić information content (AvgIpc) is 2.95. The number of benzene rings is 1. The summed E-state index contributed by atoms with van der Waals surface area (Å²) in [5, 5.41) is 2.57. The molecule has 1 N–H and O–H groups in total. The van der Waals surface area contributed by atoms with Gasteiger partial charge in [0.15, 0.2) is 16.6 Å². The molecule has 1 fully saturated rings. The van der Waals surface area contributed by atoms with Crippen LogP contribution in [0.1, 0.15) is 5.56 Å². The minimum absolute atomic E-state index is 0.00863. The second-order valence-electron chi connectivity index (χ2n) is 4.63. The number of thiocarbonyl (C=S) groups is 1. The average molecular weight is 316 g/mol. The summed E-state index contributed by atoms with van der Waals surface area (Å²) in [4.78, 5) is 25.7. The number of ether oxygens (including phenoxy) is 2. The normalized spacial score (nSPS) is 18.6. The zero-order valence-electron chi connectivity index (χ0n) is 11.5. The van der Waals surface area contributed by atoms with Gasteiger partial charge in [0.25, 0.3) is 11.8 Å². The standard InChI is InChI=1S/C15H12N2O4S/c1-2-5-17-14(19)10(13(18)16-15(17)22)6-9-3-4-11-12(7-9)21-8-20-11/h2-4,6-7H,1,5,8H2,(H,16,18,22)/b10-6-. The van der Waals surface area contributed by atoms with Gasteiger partial charge in [-0.25, -0.2) is 0 Å². The summed E-state index contributed by atoms with van der Waals surface area (Å²) < 4.78 is 10.5. The third-order valence-corrected chi connectivity index (χ3v) is 3.53. The molecule has 0 saturated carbocycles. The zero-order chi connectivity index (χ0) is 15.7. The molecule has 0 unspecified atom stereocenters. The maximum absolute atomic E-state index is 12.4. The number of nitrogens with zero attached hydrogens (tertiary/aromatic N) is 1. The van der Waals surface area contributed by atoms with Crippen molar-refractivity contribution in [1.29, 1.82) is 0 Å². The topological polar surface area (TPSA) is 67.9 Å². The minimum atomic E-state index is -0.520. The largest absolute Gasteiger partial charge is 0.454 e. The van der Waals surface area contributed by atoms with Crippen molar-refractivity contribution in [2.24, 2.45) is 0 Å². The predicted molar refractivity (Wildman–Crippen MR) is 83.2 cm³/mol. The van der Waals surface area contributed by atoms with Crippen LogP contribution < -0.4 is 14.8 Å². The van der Waals surface area contributed by atoms with Gasteiger partial charge in [-0.05, 0) is 36.0 Å². The molecule has 0 radical (unpaired) electrons. The predicted octanol–water partition coefficient (Wildman–Crippen LogP) is 1.23. The zero-order valence-corrected chi connectivity index (χ0v) is 12.3. The highest BCUT2D eigenvalue weighted by atomic mass is 32.1. The van der Waals surface area contributed by atoms with E-state index in [0.29, 0.717) is 17.1 Å². The molecule has 1 aromatic carbocycles. The number of fused-ring (bicyclic) bond motifs is 1. The Morgan fingerprint density at radius 1 is 1.32 bits per heavy atom. The highest BCUT2D eigenvalue weighted by molar-refractivity contribution is 7.80. The van der Waals surface area contributed by atoms with Crippen LogP contribution >= 0.6 is 12.2 Å². The molecule has 0 aromatic heterocycles. The molecular weight excluding hydrogens is 304 g/mol. The molecule has 1 saturated heterocycles. The van der Waals surface area contributed by atoms with Crippen molar-refractivity contribution < 1.29 is 19.1 Å². The van der Waals surface area contributed by atoms with E-state index in [4.69, 9.17) is 21.7 Å². The van der Waals surface area contributed by atoms with E-state index in [1.54, 1.807) is 24.3 Å². The summed E-state index contributed by atoms with van der Waals surface area (Å²) in [6.45, 7) is 3.97. The van der Waals surface area contributed by atoms with Gasteiger partial charge < -0.3 is 9.47 Å². The Morgan fingerprint density at radius 2 is 2.09 bits per heavy atom. The lowest BCUT2D eigenvalue weighted by Gasteiger charge is -2.27. The number of hydrogen-bond acceptors (Lipinski definition) is 5. The molecule has 2 aliphatic rings. The fourth-order valence-corrected chi connectivity index (χ4v) is 2.41. The lowest BCUT2D eigenvalue weighted by molar-refractivity contribution is -0.128. The van der Waals surface area contributed by atoms with Crippen molar-refractivity contribution in [3.05, 3.63) is 42.0 Å². The second-order valence-corrected chi connectivity index (χ2v) is 5.02. The van der Waals surface area contributed by atoms with Crippen LogP contribution in [0.2, 0.25) is 0 Å². The van der Waals surface area contributed by atoms with E-state index in [-0.39, 0.29) is 24.0 Å². The smallest absolute Gasteiger partial charge is 0.265 e. The van der Waals surface area contributed by atoms with Gasteiger partial charge >= 0.3 is 0 Å². The van der Waals surface area contributed by atoms with E-state index in [2.05, 4.69) is 11.9 Å². The third kappa shape index (κ3) is 2.46. The highest BCUT2D eigenvalue weighted by Crippen LogP contribution is 2.33. The summed E-state index contributed by atoms with van der Waals surface area (Å²) in [6.07, 6.45) is 3.04. The van der Waals surface area contributed by atoms with Crippen LogP contribution in [0, 0.1) is 0 Å². The van der Waals surface area contributed by atoms with Gasteiger partial charge in [-0.3, -0.25) is 19.8 Å². The quantitative estimate of drug-likeness (QED) is 0.393. The molecule has 7 heteroatoms. The molecule has 0 atom stereocenters. The summed E-state index contributed by atoms with van der Waals surface area (Å²) >= 11 is 4.99. The maximum Gasteiger partial charge on any atom is 0.265 e. The van der Waals surface area contributed by atoms with E-state index in [9.17, 15) is 9.59 Å². The summed E-state index contributed by atoms with van der Waals surface area (Å²) in [5.74, 6) is 0.242. The molecule has 112 valence electrons. The van der Waals surface area contributed by atoms with Crippen LogP contribution in [0.5, 0.6) is 11.5 Å². The van der Waals surface area contributed by atoms with Gasteiger partial charge in [-0.2, -0.15) is 0 Å². The van der Waals surface area contributed by atoms with Gasteiger partial charge in [-0.1, -0.05) is 12.1 Å². The SMILES string of the molecule is C=CCN1C(=O)/C(=C\c2ccc3c(c2)OCO3)C(=O)NC1=S. The van der Waals surface area contributed by atoms with Gasteiger partial charge in [0.1, 0.15) is 5.57 Å². The molecule has 1 aromatic rings. The van der Waals surface area contributed by atoms with Crippen LogP contribution in [-0.2, 0) is 9.59 Å². The molecule has 0 bridgehead atoms. The van der Waals surface area contributed by atoms with Crippen molar-refractivity contribution in [2.45, 2.75) is 0 Å². The van der Waals surface area contributed by atoms with Crippen molar-refractivity contribution in [3.8, 4) is 11.5 Å². The first kappa shape index (κ1) is 14.3. The Kier molecular flexibility index (Phi) is 3.64. The Hall–Kier alpha value is -2.67. The first-order valence-electron chi connectivity index (χ1n) is 6.49. The number of rotatable bonds is 3. The highest BCUT2D eigenvalue weighted by Gasteiger charge is 2.32. The minimum Gasteiger partial charge on any atom is -0.454 e. The monoisotopic (exact) mass is 316 g/mol. The number of hydrogen-bond donors (Lipinski definition) is 1. The number of carbonyl (C=O) groups excluding carboxylic acids is 2. The van der Waals surface area contributed by atoms with Crippen LogP contribution in [0.4, 0.5) is 0 Å². The first-order chi connectivity index (χ1) is 10.6. The Bertz CT molecular complexity index is 726. The molecule has 0 aliphatic carbocycles. The number of nitrogens with one attached hydrogen (secondary N) is 1. The van der Waals surface area contributed by atoms with Crippen LogP contribution in [0.15, 0.2) is 36.4 Å². The molecular formula is C15H12N2O4S. The van der Waals surface area contributed by atoms with Gasteiger partial charge in [-0.15, -0.1) is 6.58 Å². The van der Waals surface area contributed by atoms with Gasteiger partial charge in [0.2, 0.25) is 6.79 Å². The summed E-state index contributed by atoms with van der Waals surface area (Å²) in [7, 11) is 0. The second kappa shape index (κ2) is 5.61. The van der Waals surface area contributed by atoms with Gasteiger partial charge in [0, 0.05) is 6.54 Å². The molecule has 2 aliphatic heterocycles. The number of carbonyl (C=O) groups is 2.